The normalized spacial score (nSPS) is 19.9. The standard InChI is InChI=1S/C50H75N5O7/c1-34(2)27-40(51)24-23-39(28-36-17-11-9-12-18-36)47(59)54-26-16-22-43(54)45(57)30-41(35(3)4)46(58)53-42(21-15-25-52-48(60)62-33-37-19-13-10-14-20-37)44(56)29-38-31-49(5,6)55(61)50(7,8)32-38/h9-14,17-20,23-24,34-35,38-43,61H,15-16,21-22,25-33,51H2,1-8H3,(H,52,60)(H,53,58)/b24-23+/t39-,40-,41-,42+,43+/m1/s1. The number of ketones is 2. The lowest BCUT2D eigenvalue weighted by atomic mass is 9.73. The Morgan fingerprint density at radius 3 is 2.11 bits per heavy atom. The number of piperidine rings is 1. The Bertz CT molecular complexity index is 1780. The Kier molecular flexibility index (Phi) is 18.9. The van der Waals surface area contributed by atoms with Gasteiger partial charge in [-0.1, -0.05) is 101 Å². The number of nitrogens with one attached hydrogen (secondary N) is 2. The Labute approximate surface area is 370 Å². The smallest absolute Gasteiger partial charge is 0.407 e. The van der Waals surface area contributed by atoms with Gasteiger partial charge in [-0.25, -0.2) is 4.79 Å². The van der Waals surface area contributed by atoms with Crippen LogP contribution in [0.1, 0.15) is 124 Å². The van der Waals surface area contributed by atoms with Gasteiger partial charge in [-0.15, -0.1) is 0 Å². The minimum atomic E-state index is -0.850. The topological polar surface area (TPSA) is 171 Å². The average molecular weight is 858 g/mol. The van der Waals surface area contributed by atoms with Crippen molar-refractivity contribution in [3.63, 3.8) is 0 Å². The number of benzene rings is 2. The Morgan fingerprint density at radius 1 is 0.903 bits per heavy atom. The molecule has 2 aromatic carbocycles. The molecule has 62 heavy (non-hydrogen) atoms. The van der Waals surface area contributed by atoms with E-state index in [1.54, 1.807) is 4.90 Å². The summed E-state index contributed by atoms with van der Waals surface area (Å²) in [6.45, 7) is 16.7. The van der Waals surface area contributed by atoms with Crippen molar-refractivity contribution in [3.05, 3.63) is 83.9 Å². The quantitative estimate of drug-likeness (QED) is 0.0681. The summed E-state index contributed by atoms with van der Waals surface area (Å²) < 4.78 is 5.35. The molecule has 12 nitrogen and oxygen atoms in total. The number of carbonyl (C=O) groups excluding carboxylic acids is 5. The second kappa shape index (κ2) is 23.3. The lowest BCUT2D eigenvalue weighted by Crippen LogP contribution is -2.59. The van der Waals surface area contributed by atoms with E-state index >= 15 is 0 Å². The number of Topliss-reactive ketones (excluding diaryl/α,β-unsaturated/α-hetero) is 2. The van der Waals surface area contributed by atoms with Crippen molar-refractivity contribution in [1.29, 1.82) is 0 Å². The van der Waals surface area contributed by atoms with Crippen LogP contribution in [0.3, 0.4) is 0 Å². The van der Waals surface area contributed by atoms with Crippen LogP contribution < -0.4 is 16.4 Å². The number of hydroxylamine groups is 2. The maximum atomic E-state index is 14.3. The monoisotopic (exact) mass is 858 g/mol. The summed E-state index contributed by atoms with van der Waals surface area (Å²) in [4.78, 5) is 71.2. The molecule has 2 heterocycles. The van der Waals surface area contributed by atoms with Crippen LogP contribution in [0.4, 0.5) is 4.79 Å². The summed E-state index contributed by atoms with van der Waals surface area (Å²) >= 11 is 0. The van der Waals surface area contributed by atoms with Crippen molar-refractivity contribution >= 4 is 29.5 Å². The second-order valence-corrected chi connectivity index (χ2v) is 19.8. The Hall–Kier alpha value is -4.39. The van der Waals surface area contributed by atoms with Crippen molar-refractivity contribution in [2.45, 2.75) is 155 Å². The molecule has 0 unspecified atom stereocenters. The number of alkyl carbamates (subject to hydrolysis) is 1. The third-order valence-electron chi connectivity index (χ3n) is 12.5. The molecule has 0 bridgehead atoms. The first kappa shape index (κ1) is 50.3. The molecule has 4 rings (SSSR count). The van der Waals surface area contributed by atoms with Crippen LogP contribution in [-0.2, 0) is 36.9 Å². The zero-order chi connectivity index (χ0) is 45.6. The van der Waals surface area contributed by atoms with E-state index in [1.165, 1.54) is 5.06 Å². The van der Waals surface area contributed by atoms with Crippen molar-refractivity contribution in [2.75, 3.05) is 13.1 Å². The molecule has 0 aliphatic carbocycles. The predicted octanol–water partition coefficient (Wildman–Crippen LogP) is 7.81. The molecule has 2 aliphatic rings. The highest BCUT2D eigenvalue weighted by Gasteiger charge is 2.46. The van der Waals surface area contributed by atoms with Gasteiger partial charge in [-0.3, -0.25) is 19.2 Å². The largest absolute Gasteiger partial charge is 0.445 e. The lowest BCUT2D eigenvalue weighted by Gasteiger charge is -2.51. The van der Waals surface area contributed by atoms with Gasteiger partial charge in [0.05, 0.1) is 18.0 Å². The van der Waals surface area contributed by atoms with Crippen molar-refractivity contribution in [3.8, 4) is 0 Å². The third kappa shape index (κ3) is 15.2. The predicted molar refractivity (Wildman–Crippen MR) is 243 cm³/mol. The average Bonchev–Trinajstić information content (AvgIpc) is 3.71. The number of likely N-dealkylation sites (tertiary alicyclic amines) is 1. The molecule has 0 saturated carbocycles. The van der Waals surface area contributed by atoms with Crippen LogP contribution in [0.2, 0.25) is 0 Å². The zero-order valence-electron chi connectivity index (χ0n) is 38.6. The molecule has 342 valence electrons. The summed E-state index contributed by atoms with van der Waals surface area (Å²) in [6.07, 6.45) is 7.73. The second-order valence-electron chi connectivity index (χ2n) is 19.8. The summed E-state index contributed by atoms with van der Waals surface area (Å²) in [5, 5.41) is 18.1. The number of hydrogen-bond donors (Lipinski definition) is 4. The molecule has 3 amide bonds. The van der Waals surface area contributed by atoms with E-state index in [0.717, 1.165) is 17.5 Å². The number of nitrogens with zero attached hydrogens (tertiary/aromatic N) is 2. The number of carbonyl (C=O) groups is 5. The van der Waals surface area contributed by atoms with Gasteiger partial charge in [0, 0.05) is 49.0 Å². The number of ether oxygens (including phenoxy) is 1. The molecule has 5 atom stereocenters. The zero-order valence-corrected chi connectivity index (χ0v) is 38.6. The van der Waals surface area contributed by atoms with E-state index in [0.29, 0.717) is 51.0 Å². The van der Waals surface area contributed by atoms with Crippen LogP contribution in [0.15, 0.2) is 72.8 Å². The first-order valence-corrected chi connectivity index (χ1v) is 22.8. The molecule has 0 radical (unpaired) electrons. The van der Waals surface area contributed by atoms with Gasteiger partial charge in [0.1, 0.15) is 6.61 Å². The highest BCUT2D eigenvalue weighted by atomic mass is 16.5. The van der Waals surface area contributed by atoms with E-state index in [-0.39, 0.29) is 73.7 Å². The molecule has 2 fully saturated rings. The maximum absolute atomic E-state index is 14.3. The summed E-state index contributed by atoms with van der Waals surface area (Å²) in [5.74, 6) is -1.87. The van der Waals surface area contributed by atoms with E-state index in [1.807, 2.05) is 114 Å². The van der Waals surface area contributed by atoms with Crippen molar-refractivity contribution in [1.82, 2.24) is 20.6 Å². The van der Waals surface area contributed by atoms with E-state index < -0.39 is 41.1 Å². The SMILES string of the molecule is CC(C)C[C@H](N)/C=C/[C@H](Cc1ccccc1)C(=O)N1CCC[C@H]1C(=O)C[C@@H](C(=O)N[C@@H](CCCNC(=O)OCc1ccccc1)C(=O)CC1CC(C)(C)N(O)C(C)(C)C1)C(C)C. The molecular formula is C50H75N5O7. The van der Waals surface area contributed by atoms with E-state index in [2.05, 4.69) is 24.5 Å². The highest BCUT2D eigenvalue weighted by molar-refractivity contribution is 5.95. The fourth-order valence-electron chi connectivity index (χ4n) is 9.48. The first-order chi connectivity index (χ1) is 29.3. The molecule has 5 N–H and O–H groups in total. The molecule has 0 aromatic heterocycles. The Morgan fingerprint density at radius 2 is 1.52 bits per heavy atom. The third-order valence-corrected chi connectivity index (χ3v) is 12.5. The van der Waals surface area contributed by atoms with Gasteiger partial charge in [0.2, 0.25) is 11.8 Å². The summed E-state index contributed by atoms with van der Waals surface area (Å²) in [6, 6.07) is 17.5. The van der Waals surface area contributed by atoms with Gasteiger partial charge in [-0.05, 0) is 108 Å². The summed E-state index contributed by atoms with van der Waals surface area (Å²) in [5.41, 5.74) is 7.18. The van der Waals surface area contributed by atoms with E-state index in [4.69, 9.17) is 10.5 Å². The maximum Gasteiger partial charge on any atom is 0.407 e. The van der Waals surface area contributed by atoms with Gasteiger partial charge in [0.15, 0.2) is 11.6 Å². The number of hydrogen-bond acceptors (Lipinski definition) is 9. The van der Waals surface area contributed by atoms with Gasteiger partial charge < -0.3 is 31.2 Å². The van der Waals surface area contributed by atoms with Crippen LogP contribution in [-0.4, -0.2) is 86.9 Å². The van der Waals surface area contributed by atoms with Gasteiger partial charge in [0.25, 0.3) is 0 Å². The molecule has 2 aromatic rings. The van der Waals surface area contributed by atoms with Gasteiger partial charge in [-0.2, -0.15) is 5.06 Å². The molecule has 2 saturated heterocycles. The van der Waals surface area contributed by atoms with Crippen molar-refractivity contribution in [2.24, 2.45) is 35.3 Å². The lowest BCUT2D eigenvalue weighted by molar-refractivity contribution is -0.251. The van der Waals surface area contributed by atoms with Crippen LogP contribution in [0.25, 0.3) is 0 Å². The summed E-state index contributed by atoms with van der Waals surface area (Å²) in [7, 11) is 0. The van der Waals surface area contributed by atoms with Crippen LogP contribution >= 0.6 is 0 Å². The van der Waals surface area contributed by atoms with E-state index in [9.17, 15) is 29.2 Å². The number of rotatable bonds is 22. The fraction of sp³-hybridized carbons (Fsp3) is 0.620. The highest BCUT2D eigenvalue weighted by Crippen LogP contribution is 2.41. The minimum absolute atomic E-state index is 0.0266. The Balaban J connectivity index is 1.46. The van der Waals surface area contributed by atoms with Crippen molar-refractivity contribution < 1.29 is 33.9 Å². The molecule has 0 spiro atoms. The van der Waals surface area contributed by atoms with Crippen LogP contribution in [0.5, 0.6) is 0 Å². The number of nitrogens with two attached hydrogens (primary N) is 1. The minimum Gasteiger partial charge on any atom is -0.445 e. The number of amides is 3. The fourth-order valence-corrected chi connectivity index (χ4v) is 9.48. The van der Waals surface area contributed by atoms with Gasteiger partial charge >= 0.3 is 6.09 Å². The molecule has 12 heteroatoms. The van der Waals surface area contributed by atoms with Crippen LogP contribution in [0, 0.1) is 29.6 Å². The molecule has 2 aliphatic heterocycles. The first-order valence-electron chi connectivity index (χ1n) is 22.8. The molecular weight excluding hydrogens is 783 g/mol.